The van der Waals surface area contributed by atoms with Gasteiger partial charge in [-0.2, -0.15) is 0 Å². The molecule has 37 heavy (non-hydrogen) atoms. The van der Waals surface area contributed by atoms with Gasteiger partial charge in [0.1, 0.15) is 11.8 Å². The second-order valence-corrected chi connectivity index (χ2v) is 10.6. The number of benzene rings is 3. The molecule has 1 atom stereocenters. The highest BCUT2D eigenvalue weighted by atomic mass is 32.2. The van der Waals surface area contributed by atoms with Crippen molar-refractivity contribution in [1.29, 1.82) is 0 Å². The van der Waals surface area contributed by atoms with E-state index >= 15 is 0 Å². The number of rotatable bonds is 11. The summed E-state index contributed by atoms with van der Waals surface area (Å²) >= 11 is 1.50. The van der Waals surface area contributed by atoms with Crippen molar-refractivity contribution in [2.45, 2.75) is 62.0 Å². The number of methoxy groups -OCH3 is 1. The van der Waals surface area contributed by atoms with Crippen LogP contribution in [0.25, 0.3) is 0 Å². The first-order chi connectivity index (χ1) is 18.1. The number of nitrogens with zero attached hydrogens (tertiary/aromatic N) is 1. The van der Waals surface area contributed by atoms with Crippen molar-refractivity contribution in [1.82, 2.24) is 10.2 Å². The first kappa shape index (κ1) is 26.8. The second-order valence-electron chi connectivity index (χ2n) is 9.52. The maximum Gasteiger partial charge on any atom is 0.243 e. The van der Waals surface area contributed by atoms with Gasteiger partial charge in [0.2, 0.25) is 11.8 Å². The number of thioether (sulfide) groups is 1. The van der Waals surface area contributed by atoms with Crippen LogP contribution in [0.15, 0.2) is 89.8 Å². The first-order valence-electron chi connectivity index (χ1n) is 13.1. The molecule has 5 nitrogen and oxygen atoms in total. The Bertz CT molecular complexity index is 1130. The Balaban J connectivity index is 1.61. The zero-order chi connectivity index (χ0) is 25.9. The monoisotopic (exact) mass is 516 g/mol. The van der Waals surface area contributed by atoms with Gasteiger partial charge in [-0.15, -0.1) is 11.8 Å². The van der Waals surface area contributed by atoms with Crippen LogP contribution in [-0.4, -0.2) is 41.7 Å². The maximum absolute atomic E-state index is 13.8. The molecule has 3 aromatic rings. The van der Waals surface area contributed by atoms with Crippen LogP contribution in [0.4, 0.5) is 0 Å². The number of carbonyl (C=O) groups excluding carboxylic acids is 2. The third-order valence-electron chi connectivity index (χ3n) is 6.82. The molecule has 3 aromatic carbocycles. The Kier molecular flexibility index (Phi) is 10.1. The van der Waals surface area contributed by atoms with E-state index in [1.807, 2.05) is 84.9 Å². The van der Waals surface area contributed by atoms with Gasteiger partial charge in [0, 0.05) is 23.9 Å². The molecule has 1 N–H and O–H groups in total. The van der Waals surface area contributed by atoms with E-state index in [1.165, 1.54) is 18.2 Å². The zero-order valence-electron chi connectivity index (χ0n) is 21.5. The van der Waals surface area contributed by atoms with Gasteiger partial charge in [-0.25, -0.2) is 0 Å². The SMILES string of the molecule is COc1cccc(CN(C(=O)CSc2ccccc2)[C@H](Cc2ccccc2)C(=O)NC2CCCCC2)c1. The summed E-state index contributed by atoms with van der Waals surface area (Å²) in [7, 11) is 1.63. The lowest BCUT2D eigenvalue weighted by Gasteiger charge is -2.33. The summed E-state index contributed by atoms with van der Waals surface area (Å²) in [5, 5.41) is 3.29. The first-order valence-corrected chi connectivity index (χ1v) is 14.1. The summed E-state index contributed by atoms with van der Waals surface area (Å²) < 4.78 is 5.42. The summed E-state index contributed by atoms with van der Waals surface area (Å²) in [5.41, 5.74) is 1.96. The molecule has 1 fully saturated rings. The molecular formula is C31H36N2O3S. The van der Waals surface area contributed by atoms with Crippen LogP contribution < -0.4 is 10.1 Å². The van der Waals surface area contributed by atoms with E-state index in [1.54, 1.807) is 12.0 Å². The summed E-state index contributed by atoms with van der Waals surface area (Å²) in [6.45, 7) is 0.334. The van der Waals surface area contributed by atoms with E-state index in [-0.39, 0.29) is 23.6 Å². The predicted molar refractivity (Wildman–Crippen MR) is 150 cm³/mol. The van der Waals surface area contributed by atoms with Crippen molar-refractivity contribution in [3.63, 3.8) is 0 Å². The average molecular weight is 517 g/mol. The van der Waals surface area contributed by atoms with Crippen LogP contribution in [0, 0.1) is 0 Å². The lowest BCUT2D eigenvalue weighted by Crippen LogP contribution is -2.53. The molecule has 0 radical (unpaired) electrons. The van der Waals surface area contributed by atoms with Crippen LogP contribution in [-0.2, 0) is 22.6 Å². The molecule has 0 saturated heterocycles. The van der Waals surface area contributed by atoms with Gasteiger partial charge in [-0.05, 0) is 48.2 Å². The molecule has 0 aliphatic heterocycles. The molecule has 1 aliphatic carbocycles. The van der Waals surface area contributed by atoms with Crippen LogP contribution in [0.5, 0.6) is 5.75 Å². The third kappa shape index (κ3) is 8.12. The van der Waals surface area contributed by atoms with Gasteiger partial charge in [-0.1, -0.05) is 79.9 Å². The van der Waals surface area contributed by atoms with Gasteiger partial charge in [0.25, 0.3) is 0 Å². The largest absolute Gasteiger partial charge is 0.497 e. The maximum atomic E-state index is 13.8. The summed E-state index contributed by atoms with van der Waals surface area (Å²) in [4.78, 5) is 30.4. The van der Waals surface area contributed by atoms with Gasteiger partial charge in [0.05, 0.1) is 12.9 Å². The normalized spacial score (nSPS) is 14.5. The predicted octanol–water partition coefficient (Wildman–Crippen LogP) is 5.88. The van der Waals surface area contributed by atoms with E-state index in [9.17, 15) is 9.59 Å². The van der Waals surface area contributed by atoms with Crippen molar-refractivity contribution in [3.05, 3.63) is 96.1 Å². The molecule has 0 spiro atoms. The van der Waals surface area contributed by atoms with E-state index in [4.69, 9.17) is 4.74 Å². The summed E-state index contributed by atoms with van der Waals surface area (Å²) in [5.74, 6) is 0.860. The zero-order valence-corrected chi connectivity index (χ0v) is 22.3. The average Bonchev–Trinajstić information content (AvgIpc) is 2.95. The quantitative estimate of drug-likeness (QED) is 0.324. The number of amides is 2. The molecule has 0 aromatic heterocycles. The van der Waals surface area contributed by atoms with E-state index in [0.717, 1.165) is 47.5 Å². The number of ether oxygens (including phenoxy) is 1. The smallest absolute Gasteiger partial charge is 0.243 e. The highest BCUT2D eigenvalue weighted by Gasteiger charge is 2.32. The van der Waals surface area contributed by atoms with E-state index < -0.39 is 6.04 Å². The van der Waals surface area contributed by atoms with Crippen LogP contribution in [0.3, 0.4) is 0 Å². The Morgan fingerprint density at radius 1 is 0.919 bits per heavy atom. The van der Waals surface area contributed by atoms with Crippen molar-refractivity contribution in [2.24, 2.45) is 0 Å². The lowest BCUT2D eigenvalue weighted by molar-refractivity contribution is -0.139. The number of hydrogen-bond donors (Lipinski definition) is 1. The number of carbonyl (C=O) groups is 2. The van der Waals surface area contributed by atoms with Crippen molar-refractivity contribution in [3.8, 4) is 5.75 Å². The Hall–Kier alpha value is -3.25. The number of nitrogens with one attached hydrogen (secondary N) is 1. The standard InChI is InChI=1S/C31H36N2O3S/c1-36-27-17-11-14-25(20-27)22-33(30(34)23-37-28-18-9-4-10-19-28)29(21-24-12-5-2-6-13-24)31(35)32-26-15-7-3-8-16-26/h2,4-6,9-14,17-20,26,29H,3,7-8,15-16,21-23H2,1H3,(H,32,35)/t29-/m1/s1. The summed E-state index contributed by atoms with van der Waals surface area (Å²) in [6, 6.07) is 27.2. The molecule has 0 unspecified atom stereocenters. The molecule has 4 rings (SSSR count). The fraction of sp³-hybridized carbons (Fsp3) is 0.355. The Morgan fingerprint density at radius 3 is 2.30 bits per heavy atom. The summed E-state index contributed by atoms with van der Waals surface area (Å²) in [6.07, 6.45) is 5.94. The van der Waals surface area contributed by atoms with Crippen LogP contribution >= 0.6 is 11.8 Å². The molecule has 2 amide bonds. The Labute approximate surface area is 224 Å². The van der Waals surface area contributed by atoms with Gasteiger partial charge < -0.3 is 15.0 Å². The molecule has 0 bridgehead atoms. The second kappa shape index (κ2) is 13.9. The molecular weight excluding hydrogens is 480 g/mol. The fourth-order valence-corrected chi connectivity index (χ4v) is 5.62. The molecule has 194 valence electrons. The van der Waals surface area contributed by atoms with Crippen molar-refractivity contribution < 1.29 is 14.3 Å². The van der Waals surface area contributed by atoms with E-state index in [2.05, 4.69) is 5.32 Å². The van der Waals surface area contributed by atoms with Gasteiger partial charge in [0.15, 0.2) is 0 Å². The van der Waals surface area contributed by atoms with Gasteiger partial charge >= 0.3 is 0 Å². The highest BCUT2D eigenvalue weighted by molar-refractivity contribution is 8.00. The lowest BCUT2D eigenvalue weighted by atomic mass is 9.94. The molecule has 1 aliphatic rings. The molecule has 0 heterocycles. The molecule has 1 saturated carbocycles. The van der Waals surface area contributed by atoms with E-state index in [0.29, 0.717) is 13.0 Å². The highest BCUT2D eigenvalue weighted by Crippen LogP contribution is 2.23. The van der Waals surface area contributed by atoms with Crippen molar-refractivity contribution >= 4 is 23.6 Å². The van der Waals surface area contributed by atoms with Crippen LogP contribution in [0.2, 0.25) is 0 Å². The number of hydrogen-bond acceptors (Lipinski definition) is 4. The minimum absolute atomic E-state index is 0.0589. The third-order valence-corrected chi connectivity index (χ3v) is 7.81. The fourth-order valence-electron chi connectivity index (χ4n) is 4.81. The minimum Gasteiger partial charge on any atom is -0.497 e. The molecule has 6 heteroatoms. The minimum atomic E-state index is -0.612. The topological polar surface area (TPSA) is 58.6 Å². The van der Waals surface area contributed by atoms with Crippen LogP contribution in [0.1, 0.15) is 43.2 Å². The van der Waals surface area contributed by atoms with Gasteiger partial charge in [-0.3, -0.25) is 9.59 Å². The van der Waals surface area contributed by atoms with Crippen molar-refractivity contribution in [2.75, 3.05) is 12.9 Å². The Morgan fingerprint density at radius 2 is 1.59 bits per heavy atom.